The maximum Gasteiger partial charge on any atom is 0.255 e. The van der Waals surface area contributed by atoms with Crippen molar-refractivity contribution in [1.29, 1.82) is 0 Å². The number of para-hydroxylation sites is 1. The van der Waals surface area contributed by atoms with E-state index in [1.54, 1.807) is 41.1 Å². The van der Waals surface area contributed by atoms with Crippen LogP contribution < -0.4 is 5.32 Å². The van der Waals surface area contributed by atoms with Gasteiger partial charge in [0.15, 0.2) is 0 Å². The third kappa shape index (κ3) is 3.96. The molecule has 4 aromatic rings. The number of halogens is 1. The summed E-state index contributed by atoms with van der Waals surface area (Å²) in [7, 11) is 0. The summed E-state index contributed by atoms with van der Waals surface area (Å²) in [6.07, 6.45) is 5.85. The summed E-state index contributed by atoms with van der Waals surface area (Å²) in [6, 6.07) is 17.8. The number of hydrogen-bond donors (Lipinski definition) is 1. The molecule has 0 aliphatic carbocycles. The van der Waals surface area contributed by atoms with Gasteiger partial charge in [0.2, 0.25) is 0 Å². The van der Waals surface area contributed by atoms with Crippen LogP contribution in [0.5, 0.6) is 0 Å². The molecule has 31 heavy (non-hydrogen) atoms. The Bertz CT molecular complexity index is 1230. The molecule has 0 fully saturated rings. The molecule has 3 heterocycles. The minimum atomic E-state index is -0.298. The zero-order chi connectivity index (χ0) is 21.2. The number of amides is 1. The molecule has 1 amide bonds. The minimum absolute atomic E-state index is 0.242. The molecule has 1 N–H and O–H groups in total. The molecule has 0 radical (unpaired) electrons. The molecule has 2 aromatic heterocycles. The molecule has 7 heteroatoms. The first kappa shape index (κ1) is 19.5. The molecule has 0 bridgehead atoms. The van der Waals surface area contributed by atoms with Gasteiger partial charge in [-0.05, 0) is 54.4 Å². The van der Waals surface area contributed by atoms with E-state index in [4.69, 9.17) is 0 Å². The van der Waals surface area contributed by atoms with Crippen LogP contribution in [-0.4, -0.2) is 26.4 Å². The molecule has 5 nitrogen and oxygen atoms in total. The van der Waals surface area contributed by atoms with Crippen molar-refractivity contribution in [2.45, 2.75) is 17.4 Å². The Balaban J connectivity index is 1.52. The van der Waals surface area contributed by atoms with E-state index in [-0.39, 0.29) is 17.8 Å². The van der Waals surface area contributed by atoms with Gasteiger partial charge in [0.25, 0.3) is 5.91 Å². The fraction of sp³-hybridized carbons (Fsp3) is 0.125. The van der Waals surface area contributed by atoms with Crippen LogP contribution in [0.15, 0.2) is 84.1 Å². The Morgan fingerprint density at radius 3 is 2.81 bits per heavy atom. The number of hydrogen-bond acceptors (Lipinski definition) is 4. The highest BCUT2D eigenvalue weighted by Crippen LogP contribution is 2.37. The fourth-order valence-electron chi connectivity index (χ4n) is 3.72. The third-order valence-electron chi connectivity index (χ3n) is 5.23. The number of nitrogens with zero attached hydrogens (tertiary/aromatic N) is 3. The van der Waals surface area contributed by atoms with Crippen LogP contribution in [0.3, 0.4) is 0 Å². The minimum Gasteiger partial charge on any atom is -0.345 e. The van der Waals surface area contributed by atoms with Crippen molar-refractivity contribution in [3.63, 3.8) is 0 Å². The number of benzene rings is 2. The number of carbonyl (C=O) groups is 1. The summed E-state index contributed by atoms with van der Waals surface area (Å²) in [4.78, 5) is 18.5. The van der Waals surface area contributed by atoms with Crippen LogP contribution in [0, 0.1) is 5.82 Å². The van der Waals surface area contributed by atoms with Gasteiger partial charge < -0.3 is 5.32 Å². The van der Waals surface area contributed by atoms with E-state index in [9.17, 15) is 9.18 Å². The van der Waals surface area contributed by atoms with Gasteiger partial charge in [-0.15, -0.1) is 11.8 Å². The van der Waals surface area contributed by atoms with Gasteiger partial charge in [-0.1, -0.05) is 18.2 Å². The van der Waals surface area contributed by atoms with Gasteiger partial charge in [-0.25, -0.2) is 9.07 Å². The molecule has 0 saturated carbocycles. The topological polar surface area (TPSA) is 59.8 Å². The maximum atomic E-state index is 13.9. The fourth-order valence-corrected chi connectivity index (χ4v) is 4.83. The van der Waals surface area contributed by atoms with Crippen molar-refractivity contribution in [3.8, 4) is 16.9 Å². The van der Waals surface area contributed by atoms with Gasteiger partial charge >= 0.3 is 0 Å². The van der Waals surface area contributed by atoms with Crippen molar-refractivity contribution in [2.75, 3.05) is 5.75 Å². The van der Waals surface area contributed by atoms with Gasteiger partial charge in [-0.3, -0.25) is 9.78 Å². The Morgan fingerprint density at radius 2 is 2.00 bits per heavy atom. The molecule has 1 aliphatic rings. The van der Waals surface area contributed by atoms with Gasteiger partial charge in [0.1, 0.15) is 11.5 Å². The molecule has 2 aromatic carbocycles. The number of pyridine rings is 1. The number of aromatic nitrogens is 3. The van der Waals surface area contributed by atoms with Crippen molar-refractivity contribution in [2.24, 2.45) is 0 Å². The van der Waals surface area contributed by atoms with Gasteiger partial charge in [0, 0.05) is 34.8 Å². The first-order chi connectivity index (χ1) is 15.2. The maximum absolute atomic E-state index is 13.9. The normalized spacial score (nSPS) is 15.3. The standard InChI is InChI=1S/C24H19FN4OS/c25-17-8-9-22-19(13-17)21(10-12-31-22)27-24(30)20-15-29(18-6-2-1-3-7-18)28-23(20)16-5-4-11-26-14-16/h1-9,11,13-15,21H,10,12H2,(H,27,30). The van der Waals surface area contributed by atoms with Crippen LogP contribution in [0.25, 0.3) is 16.9 Å². The van der Waals surface area contributed by atoms with Crippen LogP contribution in [-0.2, 0) is 0 Å². The second-order valence-electron chi connectivity index (χ2n) is 7.26. The van der Waals surface area contributed by atoms with Gasteiger partial charge in [0.05, 0.1) is 17.3 Å². The molecule has 5 rings (SSSR count). The monoisotopic (exact) mass is 430 g/mol. The summed E-state index contributed by atoms with van der Waals surface area (Å²) in [5.74, 6) is 0.323. The van der Waals surface area contributed by atoms with E-state index >= 15 is 0 Å². The van der Waals surface area contributed by atoms with Crippen molar-refractivity contribution in [3.05, 3.63) is 96.2 Å². The lowest BCUT2D eigenvalue weighted by Gasteiger charge is -2.26. The highest BCUT2D eigenvalue weighted by molar-refractivity contribution is 7.99. The second-order valence-corrected chi connectivity index (χ2v) is 8.40. The summed E-state index contributed by atoms with van der Waals surface area (Å²) >= 11 is 1.68. The molecule has 1 aliphatic heterocycles. The predicted octanol–water partition coefficient (Wildman–Crippen LogP) is 5.04. The van der Waals surface area contributed by atoms with E-state index < -0.39 is 0 Å². The molecule has 1 atom stereocenters. The second kappa shape index (κ2) is 8.35. The molecular formula is C24H19FN4OS. The Kier molecular flexibility index (Phi) is 5.26. The summed E-state index contributed by atoms with van der Waals surface area (Å²) < 4.78 is 15.6. The van der Waals surface area contributed by atoms with E-state index in [1.165, 1.54) is 12.1 Å². The lowest BCUT2D eigenvalue weighted by Crippen LogP contribution is -2.30. The largest absolute Gasteiger partial charge is 0.345 e. The van der Waals surface area contributed by atoms with Crippen LogP contribution >= 0.6 is 11.8 Å². The molecule has 1 unspecified atom stereocenters. The van der Waals surface area contributed by atoms with Crippen LogP contribution in [0.2, 0.25) is 0 Å². The van der Waals surface area contributed by atoms with Crippen molar-refractivity contribution >= 4 is 17.7 Å². The first-order valence-electron chi connectivity index (χ1n) is 9.97. The number of nitrogens with one attached hydrogen (secondary N) is 1. The van der Waals surface area contributed by atoms with E-state index in [1.807, 2.05) is 42.5 Å². The Morgan fingerprint density at radius 1 is 1.13 bits per heavy atom. The molecule has 0 spiro atoms. The van der Waals surface area contributed by atoms with Crippen molar-refractivity contribution < 1.29 is 9.18 Å². The highest BCUT2D eigenvalue weighted by Gasteiger charge is 2.26. The Hall–Kier alpha value is -3.45. The third-order valence-corrected chi connectivity index (χ3v) is 6.35. The number of fused-ring (bicyclic) bond motifs is 1. The number of thioether (sulfide) groups is 1. The average molecular weight is 431 g/mol. The lowest BCUT2D eigenvalue weighted by molar-refractivity contribution is 0.0935. The predicted molar refractivity (Wildman–Crippen MR) is 119 cm³/mol. The number of rotatable bonds is 4. The zero-order valence-corrected chi connectivity index (χ0v) is 17.3. The molecular weight excluding hydrogens is 411 g/mol. The summed E-state index contributed by atoms with van der Waals surface area (Å²) in [6.45, 7) is 0. The summed E-state index contributed by atoms with van der Waals surface area (Å²) in [5.41, 5.74) is 3.44. The van der Waals surface area contributed by atoms with Gasteiger partial charge in [-0.2, -0.15) is 5.10 Å². The zero-order valence-electron chi connectivity index (χ0n) is 16.5. The SMILES string of the molecule is O=C(NC1CCSc2ccc(F)cc21)c1cn(-c2ccccc2)nc1-c1cccnc1. The quantitative estimate of drug-likeness (QED) is 0.493. The Labute approximate surface area is 183 Å². The average Bonchev–Trinajstić information content (AvgIpc) is 3.26. The smallest absolute Gasteiger partial charge is 0.255 e. The highest BCUT2D eigenvalue weighted by atomic mass is 32.2. The first-order valence-corrected chi connectivity index (χ1v) is 11.0. The van der Waals surface area contributed by atoms with E-state index in [0.717, 1.165) is 33.9 Å². The van der Waals surface area contributed by atoms with E-state index in [0.29, 0.717) is 11.3 Å². The molecule has 154 valence electrons. The van der Waals surface area contributed by atoms with Crippen LogP contribution in [0.1, 0.15) is 28.4 Å². The number of carbonyl (C=O) groups excluding carboxylic acids is 1. The summed E-state index contributed by atoms with van der Waals surface area (Å²) in [5, 5.41) is 7.78. The molecule has 0 saturated heterocycles. The van der Waals surface area contributed by atoms with Crippen LogP contribution in [0.4, 0.5) is 4.39 Å². The van der Waals surface area contributed by atoms with E-state index in [2.05, 4.69) is 15.4 Å². The van der Waals surface area contributed by atoms with Crippen molar-refractivity contribution in [1.82, 2.24) is 20.1 Å². The lowest BCUT2D eigenvalue weighted by atomic mass is 10.0.